The Kier molecular flexibility index (Phi) is 5.36. The number of carbonyl (C=O) groups excluding carboxylic acids is 4. The Morgan fingerprint density at radius 1 is 1.03 bits per heavy atom. The molecule has 1 saturated carbocycles. The molecule has 1 aliphatic heterocycles. The first-order valence-corrected chi connectivity index (χ1v) is 9.37. The molecule has 1 aliphatic carbocycles. The highest BCUT2D eigenvalue weighted by Crippen LogP contribution is 2.41. The fourth-order valence-corrected chi connectivity index (χ4v) is 3.94. The van der Waals surface area contributed by atoms with Gasteiger partial charge in [0, 0.05) is 20.5 Å². The zero-order valence-corrected chi connectivity index (χ0v) is 16.5. The third-order valence-electron chi connectivity index (χ3n) is 5.76. The van der Waals surface area contributed by atoms with Crippen molar-refractivity contribution in [3.05, 3.63) is 35.6 Å². The largest absolute Gasteiger partial charge is 0.480 e. The second-order valence-corrected chi connectivity index (χ2v) is 7.63. The third-order valence-corrected chi connectivity index (χ3v) is 5.76. The summed E-state index contributed by atoms with van der Waals surface area (Å²) in [5, 5.41) is 9.66. The van der Waals surface area contributed by atoms with E-state index in [1.807, 2.05) is 0 Å². The van der Waals surface area contributed by atoms with Gasteiger partial charge in [0.25, 0.3) is 17.4 Å². The first-order chi connectivity index (χ1) is 14.0. The van der Waals surface area contributed by atoms with Gasteiger partial charge in [0.2, 0.25) is 0 Å². The molecule has 1 aromatic rings. The molecule has 0 atom stereocenters. The minimum atomic E-state index is -2.47. The molecular formula is C20H21FN2O7. The first-order valence-electron chi connectivity index (χ1n) is 9.37. The van der Waals surface area contributed by atoms with E-state index in [1.54, 1.807) is 0 Å². The molecule has 0 spiro atoms. The van der Waals surface area contributed by atoms with Gasteiger partial charge in [0.05, 0.1) is 0 Å². The molecule has 9 nitrogen and oxygen atoms in total. The summed E-state index contributed by atoms with van der Waals surface area (Å²) < 4.78 is 18.7. The lowest BCUT2D eigenvalue weighted by molar-refractivity contribution is -0.194. The molecule has 1 heterocycles. The van der Waals surface area contributed by atoms with Gasteiger partial charge >= 0.3 is 18.0 Å². The number of esters is 1. The maximum absolute atomic E-state index is 13.3. The minimum Gasteiger partial charge on any atom is -0.480 e. The van der Waals surface area contributed by atoms with Crippen molar-refractivity contribution in [2.24, 2.45) is 5.41 Å². The zero-order valence-electron chi connectivity index (χ0n) is 16.5. The molecule has 1 aromatic carbocycles. The number of likely N-dealkylation sites (N-methyl/N-ethyl adjacent to an activating group) is 2. The van der Waals surface area contributed by atoms with E-state index in [-0.39, 0.29) is 18.4 Å². The van der Waals surface area contributed by atoms with Gasteiger partial charge in [0.15, 0.2) is 5.41 Å². The van der Waals surface area contributed by atoms with Gasteiger partial charge in [-0.15, -0.1) is 0 Å². The van der Waals surface area contributed by atoms with Crippen LogP contribution in [0, 0.1) is 11.2 Å². The number of hydrogen-bond acceptors (Lipinski definition) is 6. The number of ether oxygens (including phenoxy) is 1. The summed E-state index contributed by atoms with van der Waals surface area (Å²) in [6.45, 7) is 0. The summed E-state index contributed by atoms with van der Waals surface area (Å²) in [6.07, 6.45) is 0.509. The average molecular weight is 420 g/mol. The van der Waals surface area contributed by atoms with Crippen molar-refractivity contribution in [2.75, 3.05) is 14.1 Å². The van der Waals surface area contributed by atoms with E-state index in [2.05, 4.69) is 0 Å². The maximum atomic E-state index is 13.3. The standard InChI is InChI=1S/C20H21FN2O7/c1-22-14(24)20(15(25)23(2)18(22)29,11-12-5-7-13(21)8-6-12)30-17(28)19(16(26)27)9-3-4-10-19/h5-8H,3-4,9-11H2,1-2H3,(H,26,27). The summed E-state index contributed by atoms with van der Waals surface area (Å²) in [7, 11) is 2.26. The topological polar surface area (TPSA) is 121 Å². The van der Waals surface area contributed by atoms with E-state index in [1.165, 1.54) is 12.1 Å². The number of halogens is 1. The van der Waals surface area contributed by atoms with Crippen LogP contribution in [0.4, 0.5) is 9.18 Å². The fourth-order valence-electron chi connectivity index (χ4n) is 3.94. The van der Waals surface area contributed by atoms with Crippen LogP contribution >= 0.6 is 0 Å². The number of rotatable bonds is 5. The predicted octanol–water partition coefficient (Wildman–Crippen LogP) is 1.35. The SMILES string of the molecule is CN1C(=O)N(C)C(=O)C(Cc2ccc(F)cc2)(OC(=O)C2(C(=O)O)CCCC2)C1=O. The first kappa shape index (κ1) is 21.4. The lowest BCUT2D eigenvalue weighted by atomic mass is 9.84. The molecule has 2 aliphatic rings. The summed E-state index contributed by atoms with van der Waals surface area (Å²) in [6, 6.07) is 3.92. The molecule has 160 valence electrons. The molecule has 2 fully saturated rings. The molecule has 1 saturated heterocycles. The van der Waals surface area contributed by atoms with Crippen LogP contribution < -0.4 is 0 Å². The summed E-state index contributed by atoms with van der Waals surface area (Å²) in [5.41, 5.74) is -4.05. The second-order valence-electron chi connectivity index (χ2n) is 7.63. The van der Waals surface area contributed by atoms with Gasteiger partial charge < -0.3 is 9.84 Å². The van der Waals surface area contributed by atoms with Crippen LogP contribution in [0.2, 0.25) is 0 Å². The highest BCUT2D eigenvalue weighted by atomic mass is 19.1. The van der Waals surface area contributed by atoms with Crippen LogP contribution in [0.3, 0.4) is 0 Å². The van der Waals surface area contributed by atoms with Crippen LogP contribution in [-0.2, 0) is 30.3 Å². The Morgan fingerprint density at radius 3 is 2.00 bits per heavy atom. The molecular weight excluding hydrogens is 399 g/mol. The van der Waals surface area contributed by atoms with Crippen molar-refractivity contribution in [2.45, 2.75) is 37.7 Å². The Hall–Kier alpha value is -3.30. The second kappa shape index (κ2) is 7.51. The lowest BCUT2D eigenvalue weighted by Crippen LogP contribution is -2.70. The molecule has 1 N–H and O–H groups in total. The van der Waals surface area contributed by atoms with E-state index in [0.717, 1.165) is 26.2 Å². The van der Waals surface area contributed by atoms with E-state index >= 15 is 0 Å². The van der Waals surface area contributed by atoms with Gasteiger partial charge in [0.1, 0.15) is 5.82 Å². The van der Waals surface area contributed by atoms with Crippen LogP contribution in [0.15, 0.2) is 24.3 Å². The Morgan fingerprint density at radius 2 is 1.53 bits per heavy atom. The molecule has 0 radical (unpaired) electrons. The van der Waals surface area contributed by atoms with Crippen LogP contribution in [0.25, 0.3) is 0 Å². The smallest absolute Gasteiger partial charge is 0.333 e. The number of urea groups is 1. The van der Waals surface area contributed by atoms with E-state index in [0.29, 0.717) is 22.6 Å². The summed E-state index contributed by atoms with van der Waals surface area (Å²) in [5.74, 6) is -5.33. The van der Waals surface area contributed by atoms with Gasteiger partial charge in [-0.05, 0) is 30.5 Å². The van der Waals surface area contributed by atoms with Gasteiger partial charge in [-0.1, -0.05) is 25.0 Å². The quantitative estimate of drug-likeness (QED) is 0.564. The predicted molar refractivity (Wildman–Crippen MR) is 98.4 cm³/mol. The summed E-state index contributed by atoms with van der Waals surface area (Å²) >= 11 is 0. The average Bonchev–Trinajstić information content (AvgIpc) is 3.22. The number of carboxylic acid groups (broad SMARTS) is 1. The molecule has 0 bridgehead atoms. The number of amides is 4. The molecule has 0 aromatic heterocycles. The number of carbonyl (C=O) groups is 5. The zero-order chi connectivity index (χ0) is 22.3. The Bertz CT molecular complexity index is 898. The number of imide groups is 2. The number of nitrogens with zero attached hydrogens (tertiary/aromatic N) is 2. The highest BCUT2D eigenvalue weighted by Gasteiger charge is 2.61. The van der Waals surface area contributed by atoms with Crippen LogP contribution in [0.1, 0.15) is 31.2 Å². The normalized spacial score (nSPS) is 20.4. The number of hydrogen-bond donors (Lipinski definition) is 1. The number of aliphatic carboxylic acids is 1. The number of benzene rings is 1. The third kappa shape index (κ3) is 3.21. The monoisotopic (exact) mass is 420 g/mol. The molecule has 30 heavy (non-hydrogen) atoms. The van der Waals surface area contributed by atoms with E-state index in [9.17, 15) is 33.5 Å². The van der Waals surface area contributed by atoms with Crippen molar-refractivity contribution in [1.82, 2.24) is 9.80 Å². The van der Waals surface area contributed by atoms with Gasteiger partial charge in [-0.3, -0.25) is 29.0 Å². The molecule has 3 rings (SSSR count). The van der Waals surface area contributed by atoms with Gasteiger partial charge in [-0.25, -0.2) is 9.18 Å². The van der Waals surface area contributed by atoms with Crippen molar-refractivity contribution < 1.29 is 38.2 Å². The van der Waals surface area contributed by atoms with Crippen molar-refractivity contribution in [3.63, 3.8) is 0 Å². The highest BCUT2D eigenvalue weighted by molar-refractivity contribution is 6.22. The summed E-state index contributed by atoms with van der Waals surface area (Å²) in [4.78, 5) is 64.5. The Balaban J connectivity index is 2.07. The Labute approximate surface area is 171 Å². The lowest BCUT2D eigenvalue weighted by Gasteiger charge is -2.41. The van der Waals surface area contributed by atoms with Crippen LogP contribution in [0.5, 0.6) is 0 Å². The molecule has 0 unspecified atom stereocenters. The molecule has 4 amide bonds. The molecule has 10 heteroatoms. The van der Waals surface area contributed by atoms with E-state index in [4.69, 9.17) is 4.74 Å². The van der Waals surface area contributed by atoms with Crippen molar-refractivity contribution in [1.29, 1.82) is 0 Å². The van der Waals surface area contributed by atoms with E-state index < -0.39 is 53.0 Å². The van der Waals surface area contributed by atoms with Gasteiger partial charge in [-0.2, -0.15) is 0 Å². The minimum absolute atomic E-state index is 0.0147. The van der Waals surface area contributed by atoms with Crippen molar-refractivity contribution in [3.8, 4) is 0 Å². The maximum Gasteiger partial charge on any atom is 0.333 e. The van der Waals surface area contributed by atoms with Crippen molar-refractivity contribution >= 4 is 29.8 Å². The number of barbiturate groups is 1. The van der Waals surface area contributed by atoms with Crippen LogP contribution in [-0.4, -0.2) is 64.4 Å². The number of carboxylic acids is 1. The fraction of sp³-hybridized carbons (Fsp3) is 0.450.